The summed E-state index contributed by atoms with van der Waals surface area (Å²) in [6, 6.07) is 0. The van der Waals surface area contributed by atoms with Gasteiger partial charge in [0.25, 0.3) is 0 Å². The maximum atomic E-state index is 10.6. The van der Waals surface area contributed by atoms with Crippen molar-refractivity contribution in [2.45, 2.75) is 52.9 Å². The van der Waals surface area contributed by atoms with Crippen LogP contribution in [0.15, 0.2) is 12.2 Å². The standard InChI is InChI=1S/C10H16O.C2H6/c1-9(11)7-8-10-5-3-2-4-6-10;1-2/h7-8,10H,2-6H2,1H3;1-2H3/b8-7+;. The first-order valence-electron chi connectivity index (χ1n) is 5.48. The maximum Gasteiger partial charge on any atom is 0.152 e. The van der Waals surface area contributed by atoms with E-state index < -0.39 is 0 Å². The quantitative estimate of drug-likeness (QED) is 0.595. The maximum absolute atomic E-state index is 10.6. The second kappa shape index (κ2) is 8.03. The summed E-state index contributed by atoms with van der Waals surface area (Å²) >= 11 is 0. The number of carbonyl (C=O) groups excluding carboxylic acids is 1. The number of hydrogen-bond donors (Lipinski definition) is 0. The zero-order chi connectivity index (χ0) is 10.1. The first-order valence-corrected chi connectivity index (χ1v) is 5.48. The third-order valence-corrected chi connectivity index (χ3v) is 2.25. The van der Waals surface area contributed by atoms with Gasteiger partial charge in [-0.25, -0.2) is 0 Å². The summed E-state index contributed by atoms with van der Waals surface area (Å²) in [4.78, 5) is 10.6. The van der Waals surface area contributed by atoms with Crippen LogP contribution in [0.3, 0.4) is 0 Å². The molecule has 1 heteroatoms. The SMILES string of the molecule is CC.CC(=O)/C=C/C1CCCCC1. The number of allylic oxidation sites excluding steroid dienone is 2. The number of hydrogen-bond acceptors (Lipinski definition) is 1. The van der Waals surface area contributed by atoms with E-state index in [1.54, 1.807) is 13.0 Å². The van der Waals surface area contributed by atoms with Crippen molar-refractivity contribution in [1.29, 1.82) is 0 Å². The topological polar surface area (TPSA) is 17.1 Å². The Hall–Kier alpha value is -0.590. The molecule has 1 rings (SSSR count). The molecule has 0 aromatic carbocycles. The minimum Gasteiger partial charge on any atom is -0.295 e. The van der Waals surface area contributed by atoms with Crippen molar-refractivity contribution in [3.63, 3.8) is 0 Å². The van der Waals surface area contributed by atoms with Gasteiger partial charge in [-0.1, -0.05) is 39.2 Å². The average Bonchev–Trinajstić information content (AvgIpc) is 2.19. The molecule has 0 aromatic heterocycles. The fourth-order valence-electron chi connectivity index (χ4n) is 1.60. The molecule has 0 heterocycles. The Morgan fingerprint density at radius 2 is 1.69 bits per heavy atom. The van der Waals surface area contributed by atoms with Crippen LogP contribution in [0.25, 0.3) is 0 Å². The second-order valence-corrected chi connectivity index (χ2v) is 3.37. The molecule has 0 atom stereocenters. The molecule has 1 saturated carbocycles. The molecule has 0 unspecified atom stereocenters. The zero-order valence-electron chi connectivity index (χ0n) is 9.18. The third kappa shape index (κ3) is 6.56. The van der Waals surface area contributed by atoms with E-state index in [1.807, 2.05) is 13.8 Å². The highest BCUT2D eigenvalue weighted by Crippen LogP contribution is 2.24. The third-order valence-electron chi connectivity index (χ3n) is 2.25. The Morgan fingerprint density at radius 1 is 1.15 bits per heavy atom. The Balaban J connectivity index is 0.000000671. The predicted octanol–water partition coefficient (Wildman–Crippen LogP) is 3.74. The fourth-order valence-corrected chi connectivity index (χ4v) is 1.60. The van der Waals surface area contributed by atoms with Crippen molar-refractivity contribution >= 4 is 5.78 Å². The molecule has 0 spiro atoms. The molecule has 76 valence electrons. The highest BCUT2D eigenvalue weighted by molar-refractivity contribution is 5.87. The lowest BCUT2D eigenvalue weighted by atomic mass is 9.89. The largest absolute Gasteiger partial charge is 0.295 e. The first-order chi connectivity index (χ1) is 6.29. The van der Waals surface area contributed by atoms with E-state index in [4.69, 9.17) is 0 Å². The Morgan fingerprint density at radius 3 is 2.15 bits per heavy atom. The van der Waals surface area contributed by atoms with Crippen LogP contribution in [0.4, 0.5) is 0 Å². The number of ketones is 1. The molecule has 0 radical (unpaired) electrons. The van der Waals surface area contributed by atoms with Gasteiger partial charge in [0.1, 0.15) is 0 Å². The van der Waals surface area contributed by atoms with E-state index in [0.717, 1.165) is 0 Å². The lowest BCUT2D eigenvalue weighted by Gasteiger charge is -2.17. The van der Waals surface area contributed by atoms with E-state index in [0.29, 0.717) is 5.92 Å². The van der Waals surface area contributed by atoms with Gasteiger partial charge in [-0.2, -0.15) is 0 Å². The number of carbonyl (C=O) groups is 1. The fraction of sp³-hybridized carbons (Fsp3) is 0.750. The highest BCUT2D eigenvalue weighted by atomic mass is 16.1. The summed E-state index contributed by atoms with van der Waals surface area (Å²) in [7, 11) is 0. The van der Waals surface area contributed by atoms with Crippen molar-refractivity contribution in [2.24, 2.45) is 5.92 Å². The van der Waals surface area contributed by atoms with Crippen molar-refractivity contribution in [3.8, 4) is 0 Å². The zero-order valence-corrected chi connectivity index (χ0v) is 9.18. The molecule has 0 N–H and O–H groups in total. The Kier molecular flexibility index (Phi) is 7.66. The summed E-state index contributed by atoms with van der Waals surface area (Å²) < 4.78 is 0. The number of rotatable bonds is 2. The molecule has 0 bridgehead atoms. The van der Waals surface area contributed by atoms with Gasteiger partial charge in [0.05, 0.1) is 0 Å². The van der Waals surface area contributed by atoms with E-state index in [-0.39, 0.29) is 5.78 Å². The predicted molar refractivity (Wildman–Crippen MR) is 57.7 cm³/mol. The van der Waals surface area contributed by atoms with Crippen molar-refractivity contribution < 1.29 is 4.79 Å². The Labute approximate surface area is 82.2 Å². The molecular formula is C12H22O. The smallest absolute Gasteiger partial charge is 0.152 e. The van der Waals surface area contributed by atoms with E-state index >= 15 is 0 Å². The van der Waals surface area contributed by atoms with Crippen molar-refractivity contribution in [1.82, 2.24) is 0 Å². The van der Waals surface area contributed by atoms with Crippen LogP contribution in [-0.2, 0) is 4.79 Å². The molecule has 0 aromatic rings. The van der Waals surface area contributed by atoms with Crippen molar-refractivity contribution in [3.05, 3.63) is 12.2 Å². The van der Waals surface area contributed by atoms with Gasteiger partial charge in [-0.05, 0) is 31.8 Å². The summed E-state index contributed by atoms with van der Waals surface area (Å²) in [6.07, 6.45) is 10.4. The van der Waals surface area contributed by atoms with E-state index in [2.05, 4.69) is 6.08 Å². The van der Waals surface area contributed by atoms with Gasteiger partial charge in [-0.15, -0.1) is 0 Å². The summed E-state index contributed by atoms with van der Waals surface area (Å²) in [6.45, 7) is 5.61. The minimum absolute atomic E-state index is 0.176. The lowest BCUT2D eigenvalue weighted by Crippen LogP contribution is -2.03. The van der Waals surface area contributed by atoms with Crippen LogP contribution in [-0.4, -0.2) is 5.78 Å². The van der Waals surface area contributed by atoms with Crippen LogP contribution in [0.2, 0.25) is 0 Å². The van der Waals surface area contributed by atoms with E-state index in [1.165, 1.54) is 32.1 Å². The van der Waals surface area contributed by atoms with Gasteiger partial charge >= 0.3 is 0 Å². The molecule has 0 amide bonds. The Bertz CT molecular complexity index is 153. The van der Waals surface area contributed by atoms with Crippen LogP contribution >= 0.6 is 0 Å². The van der Waals surface area contributed by atoms with E-state index in [9.17, 15) is 4.79 Å². The van der Waals surface area contributed by atoms with Gasteiger partial charge < -0.3 is 0 Å². The molecule has 1 nitrogen and oxygen atoms in total. The summed E-state index contributed by atoms with van der Waals surface area (Å²) in [5, 5.41) is 0. The normalized spacial score (nSPS) is 18.1. The summed E-state index contributed by atoms with van der Waals surface area (Å²) in [5.74, 6) is 0.864. The van der Waals surface area contributed by atoms with Crippen LogP contribution in [0.5, 0.6) is 0 Å². The first kappa shape index (κ1) is 12.4. The van der Waals surface area contributed by atoms with Crippen molar-refractivity contribution in [2.75, 3.05) is 0 Å². The molecular weight excluding hydrogens is 160 g/mol. The van der Waals surface area contributed by atoms with Crippen LogP contribution in [0, 0.1) is 5.92 Å². The monoisotopic (exact) mass is 182 g/mol. The second-order valence-electron chi connectivity index (χ2n) is 3.37. The molecule has 1 aliphatic rings. The summed E-state index contributed by atoms with van der Waals surface area (Å²) in [5.41, 5.74) is 0. The van der Waals surface area contributed by atoms with Gasteiger partial charge in [0.2, 0.25) is 0 Å². The molecule has 1 aliphatic carbocycles. The van der Waals surface area contributed by atoms with Crippen LogP contribution < -0.4 is 0 Å². The molecule has 0 saturated heterocycles. The lowest BCUT2D eigenvalue weighted by molar-refractivity contribution is -0.112. The minimum atomic E-state index is 0.176. The van der Waals surface area contributed by atoms with Gasteiger partial charge in [-0.3, -0.25) is 4.79 Å². The van der Waals surface area contributed by atoms with Gasteiger partial charge in [0.15, 0.2) is 5.78 Å². The van der Waals surface area contributed by atoms with Gasteiger partial charge in [0, 0.05) is 0 Å². The average molecular weight is 182 g/mol. The molecule has 1 fully saturated rings. The molecule has 13 heavy (non-hydrogen) atoms. The highest BCUT2D eigenvalue weighted by Gasteiger charge is 2.09. The van der Waals surface area contributed by atoms with Crippen LogP contribution in [0.1, 0.15) is 52.9 Å². The molecule has 0 aliphatic heterocycles.